The summed E-state index contributed by atoms with van der Waals surface area (Å²) in [6, 6.07) is 20.2. The lowest BCUT2D eigenvalue weighted by Gasteiger charge is -2.14. The zero-order valence-corrected chi connectivity index (χ0v) is 17.2. The van der Waals surface area contributed by atoms with Crippen LogP contribution in [0.15, 0.2) is 82.4 Å². The number of rotatable bonds is 5. The summed E-state index contributed by atoms with van der Waals surface area (Å²) in [6.07, 6.45) is 0. The first-order valence-corrected chi connectivity index (χ1v) is 9.95. The van der Waals surface area contributed by atoms with E-state index in [-0.39, 0.29) is 18.9 Å². The lowest BCUT2D eigenvalue weighted by Crippen LogP contribution is -2.41. The van der Waals surface area contributed by atoms with E-state index in [0.29, 0.717) is 32.1 Å². The van der Waals surface area contributed by atoms with E-state index >= 15 is 0 Å². The minimum atomic E-state index is -0.555. The molecule has 5 nitrogen and oxygen atoms in total. The lowest BCUT2D eigenvalue weighted by atomic mass is 10.1. The number of aromatic nitrogens is 2. The quantitative estimate of drug-likeness (QED) is 0.433. The molecule has 0 bridgehead atoms. The molecule has 0 N–H and O–H groups in total. The van der Waals surface area contributed by atoms with Crippen LogP contribution in [0.3, 0.4) is 0 Å². The predicted octanol–water partition coefficient (Wildman–Crippen LogP) is 4.40. The summed E-state index contributed by atoms with van der Waals surface area (Å²) >= 11 is 11.9. The highest BCUT2D eigenvalue weighted by atomic mass is 35.5. The zero-order valence-electron chi connectivity index (χ0n) is 15.7. The molecule has 0 amide bonds. The molecule has 0 aliphatic carbocycles. The third-order valence-corrected chi connectivity index (χ3v) is 5.32. The monoisotopic (exact) mass is 438 g/mol. The smallest absolute Gasteiger partial charge is 0.292 e. The van der Waals surface area contributed by atoms with Crippen LogP contribution in [0.4, 0.5) is 0 Å². The molecule has 4 rings (SSSR count). The molecule has 0 saturated carbocycles. The Hall–Kier alpha value is -3.15. The zero-order chi connectivity index (χ0) is 21.3. The van der Waals surface area contributed by atoms with E-state index < -0.39 is 11.2 Å². The van der Waals surface area contributed by atoms with Crippen molar-refractivity contribution in [2.24, 2.45) is 0 Å². The van der Waals surface area contributed by atoms with Gasteiger partial charge in [0.2, 0.25) is 0 Å². The summed E-state index contributed by atoms with van der Waals surface area (Å²) in [5.74, 6) is -0.258. The molecular formula is C23H16Cl2N2O3. The van der Waals surface area contributed by atoms with Crippen LogP contribution in [0.1, 0.15) is 15.9 Å². The van der Waals surface area contributed by atoms with Crippen molar-refractivity contribution in [2.45, 2.75) is 13.1 Å². The van der Waals surface area contributed by atoms with E-state index in [1.54, 1.807) is 72.8 Å². The van der Waals surface area contributed by atoms with Gasteiger partial charge in [0, 0.05) is 15.6 Å². The van der Waals surface area contributed by atoms with Gasteiger partial charge in [-0.3, -0.25) is 18.7 Å². The number of carbonyl (C=O) groups excluding carboxylic acids is 1. The van der Waals surface area contributed by atoms with Crippen LogP contribution in [0.5, 0.6) is 0 Å². The van der Waals surface area contributed by atoms with Crippen LogP contribution in [0.2, 0.25) is 10.0 Å². The number of hydrogen-bond donors (Lipinski definition) is 0. The highest BCUT2D eigenvalue weighted by Crippen LogP contribution is 2.14. The van der Waals surface area contributed by atoms with Crippen molar-refractivity contribution in [3.63, 3.8) is 0 Å². The molecule has 4 aromatic rings. The highest BCUT2D eigenvalue weighted by molar-refractivity contribution is 6.30. The van der Waals surface area contributed by atoms with Crippen LogP contribution >= 0.6 is 23.2 Å². The van der Waals surface area contributed by atoms with Gasteiger partial charge < -0.3 is 0 Å². The first kappa shape index (κ1) is 20.1. The molecule has 1 heterocycles. The van der Waals surface area contributed by atoms with Crippen molar-refractivity contribution >= 4 is 39.9 Å². The Balaban J connectivity index is 1.84. The van der Waals surface area contributed by atoms with Crippen molar-refractivity contribution in [2.75, 3.05) is 0 Å². The Morgan fingerprint density at radius 1 is 0.800 bits per heavy atom. The van der Waals surface area contributed by atoms with Crippen LogP contribution in [0, 0.1) is 0 Å². The predicted molar refractivity (Wildman–Crippen MR) is 119 cm³/mol. The molecule has 0 spiro atoms. The van der Waals surface area contributed by atoms with Gasteiger partial charge in [-0.2, -0.15) is 0 Å². The number of para-hydroxylation sites is 1. The Bertz CT molecular complexity index is 1370. The van der Waals surface area contributed by atoms with Gasteiger partial charge in [-0.05, 0) is 54.1 Å². The lowest BCUT2D eigenvalue weighted by molar-refractivity contribution is 0.0971. The molecule has 0 aliphatic rings. The number of fused-ring (bicyclic) bond motifs is 1. The van der Waals surface area contributed by atoms with Gasteiger partial charge in [-0.25, -0.2) is 4.79 Å². The molecule has 0 unspecified atom stereocenters. The van der Waals surface area contributed by atoms with Crippen LogP contribution < -0.4 is 11.2 Å². The average molecular weight is 439 g/mol. The van der Waals surface area contributed by atoms with Gasteiger partial charge in [-0.15, -0.1) is 0 Å². The van der Waals surface area contributed by atoms with E-state index in [1.165, 1.54) is 4.57 Å². The van der Waals surface area contributed by atoms with E-state index in [1.807, 2.05) is 0 Å². The molecule has 0 aliphatic heterocycles. The van der Waals surface area contributed by atoms with E-state index in [2.05, 4.69) is 0 Å². The first-order valence-electron chi connectivity index (χ1n) is 9.19. The number of ketones is 1. The first-order chi connectivity index (χ1) is 14.4. The number of carbonyl (C=O) groups is 1. The topological polar surface area (TPSA) is 61.1 Å². The summed E-state index contributed by atoms with van der Waals surface area (Å²) in [5.41, 5.74) is 0.597. The van der Waals surface area contributed by atoms with Crippen molar-refractivity contribution in [1.29, 1.82) is 0 Å². The maximum Gasteiger partial charge on any atom is 0.332 e. The van der Waals surface area contributed by atoms with E-state index in [9.17, 15) is 14.4 Å². The number of benzene rings is 3. The maximum absolute atomic E-state index is 13.2. The standard InChI is InChI=1S/C23H16Cl2N2O3/c24-17-10-8-16(9-11-17)21(28)14-26-20-7-2-1-6-19(20)22(29)27(23(26)30)13-15-4-3-5-18(25)12-15/h1-12H,13-14H2. The highest BCUT2D eigenvalue weighted by Gasteiger charge is 2.16. The molecule has 7 heteroatoms. The normalized spacial score (nSPS) is 11.0. The van der Waals surface area contributed by atoms with Gasteiger partial charge >= 0.3 is 5.69 Å². The number of halogens is 2. The van der Waals surface area contributed by atoms with Gasteiger partial charge in [0.15, 0.2) is 5.78 Å². The summed E-state index contributed by atoms with van der Waals surface area (Å²) in [5, 5.41) is 1.40. The van der Waals surface area contributed by atoms with Crippen LogP contribution in [-0.2, 0) is 13.1 Å². The number of hydrogen-bond acceptors (Lipinski definition) is 3. The number of nitrogens with zero attached hydrogens (tertiary/aromatic N) is 2. The van der Waals surface area contributed by atoms with Gasteiger partial charge in [-0.1, -0.05) is 47.5 Å². The molecule has 0 saturated heterocycles. The fourth-order valence-electron chi connectivity index (χ4n) is 3.35. The maximum atomic E-state index is 13.2. The minimum absolute atomic E-state index is 0.0538. The largest absolute Gasteiger partial charge is 0.332 e. The molecular weight excluding hydrogens is 423 g/mol. The molecule has 0 radical (unpaired) electrons. The third kappa shape index (κ3) is 3.95. The van der Waals surface area contributed by atoms with Crippen LogP contribution in [-0.4, -0.2) is 14.9 Å². The molecule has 30 heavy (non-hydrogen) atoms. The second-order valence-corrected chi connectivity index (χ2v) is 7.71. The van der Waals surface area contributed by atoms with E-state index in [0.717, 1.165) is 4.57 Å². The summed E-state index contributed by atoms with van der Waals surface area (Å²) in [4.78, 5) is 39.0. The van der Waals surface area contributed by atoms with Crippen molar-refractivity contribution in [1.82, 2.24) is 9.13 Å². The molecule has 3 aromatic carbocycles. The molecule has 1 aromatic heterocycles. The van der Waals surface area contributed by atoms with Crippen LogP contribution in [0.25, 0.3) is 10.9 Å². The summed E-state index contributed by atoms with van der Waals surface area (Å²) < 4.78 is 2.46. The van der Waals surface area contributed by atoms with Gasteiger partial charge in [0.25, 0.3) is 5.56 Å². The Morgan fingerprint density at radius 3 is 2.27 bits per heavy atom. The SMILES string of the molecule is O=C(Cn1c(=O)n(Cc2cccc(Cl)c2)c(=O)c2ccccc21)c1ccc(Cl)cc1. The van der Waals surface area contributed by atoms with Crippen molar-refractivity contribution in [3.05, 3.63) is 115 Å². The summed E-state index contributed by atoms with van der Waals surface area (Å²) in [7, 11) is 0. The average Bonchev–Trinajstić information content (AvgIpc) is 2.74. The summed E-state index contributed by atoms with van der Waals surface area (Å²) in [6.45, 7) is -0.144. The second kappa shape index (κ2) is 8.30. The fraction of sp³-hybridized carbons (Fsp3) is 0.0870. The fourth-order valence-corrected chi connectivity index (χ4v) is 3.69. The van der Waals surface area contributed by atoms with Gasteiger partial charge in [0.05, 0.1) is 24.0 Å². The number of Topliss-reactive ketones (excluding diaryl/α,β-unsaturated/α-hetero) is 1. The molecule has 150 valence electrons. The van der Waals surface area contributed by atoms with Gasteiger partial charge in [0.1, 0.15) is 0 Å². The van der Waals surface area contributed by atoms with E-state index in [4.69, 9.17) is 23.2 Å². The van der Waals surface area contributed by atoms with Crippen molar-refractivity contribution in [3.8, 4) is 0 Å². The Morgan fingerprint density at radius 2 is 1.53 bits per heavy atom. The Kier molecular flexibility index (Phi) is 5.57. The Labute approximate surface area is 181 Å². The third-order valence-electron chi connectivity index (χ3n) is 4.83. The minimum Gasteiger partial charge on any atom is -0.292 e. The second-order valence-electron chi connectivity index (χ2n) is 6.84. The molecule has 0 fully saturated rings. The van der Waals surface area contributed by atoms with Crippen molar-refractivity contribution < 1.29 is 4.79 Å². The molecule has 0 atom stereocenters.